The molecule has 1 atom stereocenters. The van der Waals surface area contributed by atoms with E-state index in [0.29, 0.717) is 4.34 Å². The number of amides is 1. The van der Waals surface area contributed by atoms with E-state index in [-0.39, 0.29) is 16.6 Å². The van der Waals surface area contributed by atoms with Gasteiger partial charge >= 0.3 is 0 Å². The van der Waals surface area contributed by atoms with E-state index in [2.05, 4.69) is 27.8 Å². The van der Waals surface area contributed by atoms with Crippen molar-refractivity contribution in [1.29, 1.82) is 0 Å². The Morgan fingerprint density at radius 3 is 2.96 bits per heavy atom. The highest BCUT2D eigenvalue weighted by Gasteiger charge is 2.18. The summed E-state index contributed by atoms with van der Waals surface area (Å²) in [5, 5.41) is 14.4. The van der Waals surface area contributed by atoms with Gasteiger partial charge in [0.15, 0.2) is 4.34 Å². The number of carbonyl (C=O) groups excluding carboxylic acids is 1. The first kappa shape index (κ1) is 19.0. The van der Waals surface area contributed by atoms with Crippen LogP contribution in [0, 0.1) is 5.82 Å². The number of hydrogen-bond donors (Lipinski definition) is 2. The normalized spacial score (nSPS) is 12.0. The van der Waals surface area contributed by atoms with E-state index in [4.69, 9.17) is 11.6 Å². The average molecular weight is 389 g/mol. The predicted octanol–water partition coefficient (Wildman–Crippen LogP) is 4.66. The molecule has 0 aliphatic heterocycles. The van der Waals surface area contributed by atoms with Gasteiger partial charge in [-0.2, -0.15) is 0 Å². The molecular formula is C15H18ClFN4OS2. The van der Waals surface area contributed by atoms with E-state index >= 15 is 0 Å². The number of anilines is 2. The van der Waals surface area contributed by atoms with Crippen LogP contribution in [0.3, 0.4) is 0 Å². The SMILES string of the molecule is CCCCNc1nnc(S[C@H](C)C(=O)Nc2ccc(Cl)cc2F)s1. The lowest BCUT2D eigenvalue weighted by atomic mass is 10.3. The minimum Gasteiger partial charge on any atom is -0.360 e. The molecule has 9 heteroatoms. The molecule has 2 aromatic rings. The smallest absolute Gasteiger partial charge is 0.237 e. The lowest BCUT2D eigenvalue weighted by molar-refractivity contribution is -0.115. The molecule has 2 rings (SSSR count). The number of carbonyl (C=O) groups is 1. The number of benzene rings is 1. The van der Waals surface area contributed by atoms with Crippen molar-refractivity contribution in [3.05, 3.63) is 29.0 Å². The monoisotopic (exact) mass is 388 g/mol. The summed E-state index contributed by atoms with van der Waals surface area (Å²) >= 11 is 8.38. The summed E-state index contributed by atoms with van der Waals surface area (Å²) in [5.74, 6) is -0.872. The van der Waals surface area contributed by atoms with E-state index in [0.717, 1.165) is 30.6 Å². The molecule has 0 aliphatic rings. The molecule has 0 saturated carbocycles. The lowest BCUT2D eigenvalue weighted by Crippen LogP contribution is -2.22. The third-order valence-electron chi connectivity index (χ3n) is 3.05. The van der Waals surface area contributed by atoms with Gasteiger partial charge in [0.2, 0.25) is 11.0 Å². The van der Waals surface area contributed by atoms with Gasteiger partial charge in [0.25, 0.3) is 0 Å². The van der Waals surface area contributed by atoms with Gasteiger partial charge in [-0.15, -0.1) is 10.2 Å². The molecule has 0 bridgehead atoms. The van der Waals surface area contributed by atoms with E-state index in [1.807, 2.05) is 0 Å². The first-order valence-corrected chi connectivity index (χ1v) is 9.57. The molecule has 5 nitrogen and oxygen atoms in total. The minimum absolute atomic E-state index is 0.107. The fourth-order valence-electron chi connectivity index (χ4n) is 1.73. The Morgan fingerprint density at radius 2 is 2.25 bits per heavy atom. The number of unbranched alkanes of at least 4 members (excludes halogenated alkanes) is 1. The minimum atomic E-state index is -0.564. The first-order valence-electron chi connectivity index (χ1n) is 7.49. The third-order valence-corrected chi connectivity index (χ3v) is 5.35. The van der Waals surface area contributed by atoms with Gasteiger partial charge in [0.05, 0.1) is 10.9 Å². The summed E-state index contributed by atoms with van der Waals surface area (Å²) in [7, 11) is 0. The molecule has 0 spiro atoms. The van der Waals surface area contributed by atoms with Crippen molar-refractivity contribution in [2.75, 3.05) is 17.2 Å². The van der Waals surface area contributed by atoms with E-state index < -0.39 is 11.1 Å². The van der Waals surface area contributed by atoms with Crippen molar-refractivity contribution in [2.45, 2.75) is 36.3 Å². The van der Waals surface area contributed by atoms with E-state index in [1.54, 1.807) is 6.92 Å². The van der Waals surface area contributed by atoms with Crippen LogP contribution in [-0.2, 0) is 4.79 Å². The van der Waals surface area contributed by atoms with Crippen LogP contribution < -0.4 is 10.6 Å². The van der Waals surface area contributed by atoms with Crippen molar-refractivity contribution in [3.63, 3.8) is 0 Å². The molecule has 0 aliphatic carbocycles. The Balaban J connectivity index is 1.89. The fourth-order valence-corrected chi connectivity index (χ4v) is 3.81. The van der Waals surface area contributed by atoms with Crippen LogP contribution in [0.5, 0.6) is 0 Å². The Labute approximate surface area is 153 Å². The molecule has 1 heterocycles. The molecule has 1 aromatic heterocycles. The molecule has 0 unspecified atom stereocenters. The second-order valence-electron chi connectivity index (χ2n) is 5.03. The summed E-state index contributed by atoms with van der Waals surface area (Å²) in [6.07, 6.45) is 2.17. The largest absolute Gasteiger partial charge is 0.360 e. The number of nitrogens with one attached hydrogen (secondary N) is 2. The molecule has 130 valence electrons. The van der Waals surface area contributed by atoms with Crippen LogP contribution in [0.4, 0.5) is 15.2 Å². The quantitative estimate of drug-likeness (QED) is 0.508. The predicted molar refractivity (Wildman–Crippen MR) is 98.7 cm³/mol. The highest BCUT2D eigenvalue weighted by atomic mass is 35.5. The number of nitrogens with zero attached hydrogens (tertiary/aromatic N) is 2. The van der Waals surface area contributed by atoms with Crippen LogP contribution in [0.2, 0.25) is 5.02 Å². The van der Waals surface area contributed by atoms with Crippen LogP contribution in [-0.4, -0.2) is 27.9 Å². The molecule has 0 fully saturated rings. The Morgan fingerprint density at radius 1 is 1.46 bits per heavy atom. The summed E-state index contributed by atoms with van der Waals surface area (Å²) in [6.45, 7) is 4.70. The summed E-state index contributed by atoms with van der Waals surface area (Å²) in [6, 6.07) is 4.12. The third kappa shape index (κ3) is 5.61. The molecule has 1 aromatic carbocycles. The van der Waals surface area contributed by atoms with Crippen LogP contribution in [0.1, 0.15) is 26.7 Å². The zero-order chi connectivity index (χ0) is 17.5. The van der Waals surface area contributed by atoms with Gasteiger partial charge in [0, 0.05) is 11.6 Å². The molecular weight excluding hydrogens is 371 g/mol. The van der Waals surface area contributed by atoms with Gasteiger partial charge < -0.3 is 10.6 Å². The highest BCUT2D eigenvalue weighted by Crippen LogP contribution is 2.29. The fraction of sp³-hybridized carbons (Fsp3) is 0.400. The van der Waals surface area contributed by atoms with Gasteiger partial charge in [-0.05, 0) is 31.5 Å². The molecule has 24 heavy (non-hydrogen) atoms. The zero-order valence-corrected chi connectivity index (χ0v) is 15.7. The van der Waals surface area contributed by atoms with Crippen molar-refractivity contribution in [2.24, 2.45) is 0 Å². The van der Waals surface area contributed by atoms with E-state index in [1.165, 1.54) is 35.2 Å². The number of halogens is 2. The molecule has 2 N–H and O–H groups in total. The number of hydrogen-bond acceptors (Lipinski definition) is 6. The second-order valence-corrected chi connectivity index (χ2v) is 8.03. The van der Waals surface area contributed by atoms with Crippen LogP contribution >= 0.6 is 34.7 Å². The lowest BCUT2D eigenvalue weighted by Gasteiger charge is -2.11. The number of aromatic nitrogens is 2. The first-order chi connectivity index (χ1) is 11.5. The Bertz CT molecular complexity index is 698. The topological polar surface area (TPSA) is 66.9 Å². The summed E-state index contributed by atoms with van der Waals surface area (Å²) in [4.78, 5) is 12.2. The molecule has 0 radical (unpaired) electrons. The van der Waals surface area contributed by atoms with Crippen molar-refractivity contribution >= 4 is 51.4 Å². The van der Waals surface area contributed by atoms with Crippen molar-refractivity contribution in [1.82, 2.24) is 10.2 Å². The number of rotatable bonds is 8. The summed E-state index contributed by atoms with van der Waals surface area (Å²) in [5.41, 5.74) is 0.107. The van der Waals surface area contributed by atoms with Crippen molar-refractivity contribution < 1.29 is 9.18 Å². The second kappa shape index (κ2) is 9.19. The zero-order valence-electron chi connectivity index (χ0n) is 13.3. The van der Waals surface area contributed by atoms with E-state index in [9.17, 15) is 9.18 Å². The standard InChI is InChI=1S/C15H18ClFN4OS2/c1-3-4-7-18-14-20-21-15(24-14)23-9(2)13(22)19-12-6-5-10(16)8-11(12)17/h5-6,8-9H,3-4,7H2,1-2H3,(H,18,20)(H,19,22)/t9-/m1/s1. The molecule has 1 amide bonds. The maximum Gasteiger partial charge on any atom is 0.237 e. The summed E-state index contributed by atoms with van der Waals surface area (Å²) < 4.78 is 14.4. The van der Waals surface area contributed by atoms with Crippen LogP contribution in [0.15, 0.2) is 22.5 Å². The highest BCUT2D eigenvalue weighted by molar-refractivity contribution is 8.02. The Hall–Kier alpha value is -1.38. The number of thioether (sulfide) groups is 1. The van der Waals surface area contributed by atoms with Crippen LogP contribution in [0.25, 0.3) is 0 Å². The Kier molecular flexibility index (Phi) is 7.26. The maximum absolute atomic E-state index is 13.7. The maximum atomic E-state index is 13.7. The van der Waals surface area contributed by atoms with Crippen molar-refractivity contribution in [3.8, 4) is 0 Å². The van der Waals surface area contributed by atoms with Gasteiger partial charge in [-0.1, -0.05) is 48.0 Å². The molecule has 0 saturated heterocycles. The van der Waals surface area contributed by atoms with Gasteiger partial charge in [-0.25, -0.2) is 4.39 Å². The van der Waals surface area contributed by atoms with Gasteiger partial charge in [-0.3, -0.25) is 4.79 Å². The average Bonchev–Trinajstić information content (AvgIpc) is 2.97. The van der Waals surface area contributed by atoms with Gasteiger partial charge in [0.1, 0.15) is 5.82 Å².